The molecular weight excluding hydrogens is 412 g/mol. The lowest BCUT2D eigenvalue weighted by Crippen LogP contribution is -2.29. The standard InChI is InChI=1S/C27H26N4O2/c28-16-20-6-10-22(11-7-20)26(32)18-30-14-3-15-31(25-5-2-1-4-24(25)30)19-27(33)23-12-8-21(17-29)9-13-23/h1-2,4-13,26-27,32-33H,3,14-15,18-19H2. The average Bonchev–Trinajstić information content (AvgIpc) is 3.03. The minimum absolute atomic E-state index is 0.439. The molecule has 0 radical (unpaired) electrons. The molecule has 0 saturated carbocycles. The Bertz CT molecular complexity index is 1070. The number of nitriles is 2. The van der Waals surface area contributed by atoms with Gasteiger partial charge in [0.05, 0.1) is 46.8 Å². The maximum absolute atomic E-state index is 10.9. The van der Waals surface area contributed by atoms with Gasteiger partial charge in [-0.3, -0.25) is 0 Å². The number of para-hydroxylation sites is 2. The van der Waals surface area contributed by atoms with Gasteiger partial charge in [-0.25, -0.2) is 0 Å². The van der Waals surface area contributed by atoms with Crippen molar-refractivity contribution in [3.63, 3.8) is 0 Å². The van der Waals surface area contributed by atoms with Crippen LogP contribution >= 0.6 is 0 Å². The number of β-amino-alcohol motifs (C(OH)–C–C–N with tert-alkyl or cyclic N) is 2. The zero-order valence-corrected chi connectivity index (χ0v) is 18.3. The summed E-state index contributed by atoms with van der Waals surface area (Å²) in [6.45, 7) is 2.45. The molecule has 1 aliphatic rings. The molecule has 166 valence electrons. The minimum atomic E-state index is -0.679. The summed E-state index contributed by atoms with van der Waals surface area (Å²) in [7, 11) is 0. The zero-order valence-electron chi connectivity index (χ0n) is 18.3. The first kappa shape index (κ1) is 22.4. The molecule has 1 heterocycles. The number of fused-ring (bicyclic) bond motifs is 1. The number of benzene rings is 3. The van der Waals surface area contributed by atoms with E-state index in [1.165, 1.54) is 0 Å². The second-order valence-corrected chi connectivity index (χ2v) is 8.23. The van der Waals surface area contributed by atoms with Crippen molar-refractivity contribution < 1.29 is 10.2 Å². The van der Waals surface area contributed by atoms with Crippen molar-refractivity contribution in [2.24, 2.45) is 0 Å². The average molecular weight is 439 g/mol. The molecule has 3 aromatic rings. The third-order valence-electron chi connectivity index (χ3n) is 6.05. The lowest BCUT2D eigenvalue weighted by Gasteiger charge is -2.30. The first-order chi connectivity index (χ1) is 16.1. The van der Waals surface area contributed by atoms with Crippen LogP contribution in [0.15, 0.2) is 72.8 Å². The SMILES string of the molecule is N#Cc1ccc(C(O)CN2CCCN(CC(O)c3ccc(C#N)cc3)c3ccccc32)cc1. The van der Waals surface area contributed by atoms with Gasteiger partial charge < -0.3 is 20.0 Å². The van der Waals surface area contributed by atoms with E-state index in [1.807, 2.05) is 24.3 Å². The molecule has 0 bridgehead atoms. The molecule has 0 fully saturated rings. The van der Waals surface area contributed by atoms with Gasteiger partial charge in [0.2, 0.25) is 0 Å². The predicted molar refractivity (Wildman–Crippen MR) is 128 cm³/mol. The highest BCUT2D eigenvalue weighted by atomic mass is 16.3. The summed E-state index contributed by atoms with van der Waals surface area (Å²) in [5.74, 6) is 0. The minimum Gasteiger partial charge on any atom is -0.387 e. The first-order valence-electron chi connectivity index (χ1n) is 11.0. The fraction of sp³-hybridized carbons (Fsp3) is 0.259. The van der Waals surface area contributed by atoms with Crippen LogP contribution in [-0.2, 0) is 0 Å². The fourth-order valence-corrected chi connectivity index (χ4v) is 4.26. The van der Waals surface area contributed by atoms with Gasteiger partial charge in [0.1, 0.15) is 0 Å². The van der Waals surface area contributed by atoms with E-state index in [1.54, 1.807) is 48.5 Å². The molecule has 1 aliphatic heterocycles. The number of aliphatic hydroxyl groups excluding tert-OH is 2. The second-order valence-electron chi connectivity index (χ2n) is 8.23. The Kier molecular flexibility index (Phi) is 6.90. The molecule has 0 saturated heterocycles. The van der Waals surface area contributed by atoms with Crippen molar-refractivity contribution >= 4 is 11.4 Å². The van der Waals surface area contributed by atoms with Crippen molar-refractivity contribution in [3.8, 4) is 12.1 Å². The Morgan fingerprint density at radius 2 is 1.06 bits per heavy atom. The molecular formula is C27H26N4O2. The van der Waals surface area contributed by atoms with Gasteiger partial charge in [0.25, 0.3) is 0 Å². The summed E-state index contributed by atoms with van der Waals surface area (Å²) in [5.41, 5.74) is 4.75. The molecule has 4 rings (SSSR count). The van der Waals surface area contributed by atoms with E-state index in [9.17, 15) is 10.2 Å². The topological polar surface area (TPSA) is 94.5 Å². The number of hydrogen-bond acceptors (Lipinski definition) is 6. The maximum Gasteiger partial charge on any atom is 0.0991 e. The van der Waals surface area contributed by atoms with Gasteiger partial charge in [-0.05, 0) is 53.9 Å². The predicted octanol–water partition coefficient (Wildman–Crippen LogP) is 3.91. The summed E-state index contributed by atoms with van der Waals surface area (Å²) in [6.07, 6.45) is -0.474. The quantitative estimate of drug-likeness (QED) is 0.606. The van der Waals surface area contributed by atoms with Crippen molar-refractivity contribution in [2.75, 3.05) is 36.0 Å². The van der Waals surface area contributed by atoms with E-state index in [0.29, 0.717) is 24.2 Å². The van der Waals surface area contributed by atoms with Crippen LogP contribution in [0.5, 0.6) is 0 Å². The van der Waals surface area contributed by atoms with Crippen LogP contribution in [0.25, 0.3) is 0 Å². The smallest absolute Gasteiger partial charge is 0.0991 e. The molecule has 2 N–H and O–H groups in total. The largest absolute Gasteiger partial charge is 0.387 e. The number of aliphatic hydroxyl groups is 2. The molecule has 6 heteroatoms. The Hall–Kier alpha value is -3.84. The van der Waals surface area contributed by atoms with Crippen LogP contribution in [0.3, 0.4) is 0 Å². The van der Waals surface area contributed by atoms with Crippen molar-refractivity contribution in [2.45, 2.75) is 18.6 Å². The normalized spacial score (nSPS) is 15.0. The molecule has 33 heavy (non-hydrogen) atoms. The Balaban J connectivity index is 1.52. The lowest BCUT2D eigenvalue weighted by molar-refractivity contribution is 0.183. The van der Waals surface area contributed by atoms with Crippen molar-refractivity contribution in [3.05, 3.63) is 95.1 Å². The Morgan fingerprint density at radius 3 is 1.42 bits per heavy atom. The summed E-state index contributed by atoms with van der Waals surface area (Å²) in [5, 5.41) is 39.7. The van der Waals surface area contributed by atoms with Crippen molar-refractivity contribution in [1.29, 1.82) is 10.5 Å². The maximum atomic E-state index is 10.9. The fourth-order valence-electron chi connectivity index (χ4n) is 4.26. The highest BCUT2D eigenvalue weighted by Crippen LogP contribution is 2.34. The molecule has 6 nitrogen and oxygen atoms in total. The summed E-state index contributed by atoms with van der Waals surface area (Å²) in [4.78, 5) is 4.37. The molecule has 0 aromatic heterocycles. The van der Waals surface area contributed by atoms with Crippen LogP contribution < -0.4 is 9.80 Å². The summed E-state index contributed by atoms with van der Waals surface area (Å²) in [6, 6.07) is 26.4. The number of nitrogens with zero attached hydrogens (tertiary/aromatic N) is 4. The van der Waals surface area contributed by atoms with E-state index < -0.39 is 12.2 Å². The molecule has 0 spiro atoms. The third-order valence-corrected chi connectivity index (χ3v) is 6.05. The molecule has 3 aromatic carbocycles. The molecule has 0 aliphatic carbocycles. The number of hydrogen-bond donors (Lipinski definition) is 2. The summed E-state index contributed by atoms with van der Waals surface area (Å²) >= 11 is 0. The number of anilines is 2. The van der Waals surface area contributed by atoms with Crippen LogP contribution in [0.1, 0.15) is 40.9 Å². The second kappa shape index (κ2) is 10.2. The van der Waals surface area contributed by atoms with Crippen LogP contribution in [0, 0.1) is 22.7 Å². The Labute approximate surface area is 194 Å². The van der Waals surface area contributed by atoms with E-state index in [0.717, 1.165) is 42.0 Å². The van der Waals surface area contributed by atoms with Gasteiger partial charge in [-0.1, -0.05) is 36.4 Å². The molecule has 0 amide bonds. The molecule has 2 atom stereocenters. The Morgan fingerprint density at radius 1 is 0.667 bits per heavy atom. The van der Waals surface area contributed by atoms with Crippen LogP contribution in [0.4, 0.5) is 11.4 Å². The zero-order chi connectivity index (χ0) is 23.2. The van der Waals surface area contributed by atoms with E-state index >= 15 is 0 Å². The van der Waals surface area contributed by atoms with Gasteiger partial charge in [0.15, 0.2) is 0 Å². The highest BCUT2D eigenvalue weighted by molar-refractivity contribution is 5.72. The number of rotatable bonds is 6. The van der Waals surface area contributed by atoms with Gasteiger partial charge in [-0.15, -0.1) is 0 Å². The van der Waals surface area contributed by atoms with Gasteiger partial charge in [-0.2, -0.15) is 10.5 Å². The monoisotopic (exact) mass is 438 g/mol. The van der Waals surface area contributed by atoms with Crippen molar-refractivity contribution in [1.82, 2.24) is 0 Å². The highest BCUT2D eigenvalue weighted by Gasteiger charge is 2.24. The molecule has 2 unspecified atom stereocenters. The third kappa shape index (κ3) is 5.15. The van der Waals surface area contributed by atoms with Gasteiger partial charge >= 0.3 is 0 Å². The van der Waals surface area contributed by atoms with E-state index in [4.69, 9.17) is 10.5 Å². The van der Waals surface area contributed by atoms with E-state index in [-0.39, 0.29) is 0 Å². The van der Waals surface area contributed by atoms with Gasteiger partial charge in [0, 0.05) is 26.2 Å². The van der Waals surface area contributed by atoms with Crippen LogP contribution in [-0.4, -0.2) is 36.4 Å². The lowest BCUT2D eigenvalue weighted by atomic mass is 10.1. The first-order valence-corrected chi connectivity index (χ1v) is 11.0. The van der Waals surface area contributed by atoms with Crippen LogP contribution in [0.2, 0.25) is 0 Å². The summed E-state index contributed by atoms with van der Waals surface area (Å²) < 4.78 is 0. The van der Waals surface area contributed by atoms with E-state index in [2.05, 4.69) is 21.9 Å².